The maximum atomic E-state index is 13.1. The molecule has 78 valence electrons. The fourth-order valence-corrected chi connectivity index (χ4v) is 1.77. The van der Waals surface area contributed by atoms with Gasteiger partial charge in [0, 0.05) is 29.5 Å². The number of fused-ring (bicyclic) bond motifs is 1. The number of halogens is 1. The van der Waals surface area contributed by atoms with Crippen LogP contribution in [0.4, 0.5) is 4.39 Å². The van der Waals surface area contributed by atoms with Crippen molar-refractivity contribution in [2.45, 2.75) is 0 Å². The Balaban J connectivity index is 2.29. The van der Waals surface area contributed by atoms with Gasteiger partial charge in [-0.1, -0.05) is 0 Å². The molecular formula is C12H8FN3. The molecule has 0 saturated heterocycles. The van der Waals surface area contributed by atoms with E-state index in [1.807, 2.05) is 18.3 Å². The molecule has 0 aromatic carbocycles. The number of nitrogens with zero attached hydrogens (tertiary/aromatic N) is 2. The van der Waals surface area contributed by atoms with Crippen LogP contribution in [0, 0.1) is 5.82 Å². The summed E-state index contributed by atoms with van der Waals surface area (Å²) >= 11 is 0. The van der Waals surface area contributed by atoms with E-state index in [1.165, 1.54) is 12.3 Å². The topological polar surface area (TPSA) is 41.6 Å². The van der Waals surface area contributed by atoms with Crippen molar-refractivity contribution in [2.24, 2.45) is 0 Å². The van der Waals surface area contributed by atoms with Crippen LogP contribution in [-0.4, -0.2) is 15.0 Å². The predicted octanol–water partition coefficient (Wildman–Crippen LogP) is 2.76. The first-order valence-electron chi connectivity index (χ1n) is 4.87. The van der Waals surface area contributed by atoms with Crippen LogP contribution in [0.5, 0.6) is 0 Å². The highest BCUT2D eigenvalue weighted by Gasteiger charge is 2.06. The number of hydrogen-bond donors (Lipinski definition) is 1. The van der Waals surface area contributed by atoms with Gasteiger partial charge in [-0.15, -0.1) is 0 Å². The van der Waals surface area contributed by atoms with Crippen molar-refractivity contribution in [3.63, 3.8) is 0 Å². The van der Waals surface area contributed by atoms with Crippen LogP contribution in [0.1, 0.15) is 0 Å². The molecule has 1 N–H and O–H groups in total. The lowest BCUT2D eigenvalue weighted by molar-refractivity contribution is 0.622. The first-order valence-corrected chi connectivity index (χ1v) is 4.87. The van der Waals surface area contributed by atoms with Gasteiger partial charge in [-0.2, -0.15) is 0 Å². The zero-order chi connectivity index (χ0) is 11.0. The number of aromatic nitrogens is 3. The van der Waals surface area contributed by atoms with Gasteiger partial charge in [0.1, 0.15) is 11.5 Å². The Bertz CT molecular complexity index is 645. The highest BCUT2D eigenvalue weighted by molar-refractivity contribution is 5.92. The highest BCUT2D eigenvalue weighted by atomic mass is 19.1. The van der Waals surface area contributed by atoms with Gasteiger partial charge < -0.3 is 4.98 Å². The van der Waals surface area contributed by atoms with E-state index in [0.717, 1.165) is 22.2 Å². The second-order valence-electron chi connectivity index (χ2n) is 3.49. The first-order chi connectivity index (χ1) is 7.84. The zero-order valence-electron chi connectivity index (χ0n) is 8.31. The zero-order valence-corrected chi connectivity index (χ0v) is 8.31. The van der Waals surface area contributed by atoms with E-state index >= 15 is 0 Å². The molecule has 0 aliphatic heterocycles. The fraction of sp³-hybridized carbons (Fsp3) is 0. The molecule has 0 spiro atoms. The Labute approximate surface area is 91.0 Å². The minimum atomic E-state index is -0.335. The third kappa shape index (κ3) is 1.35. The Morgan fingerprint density at radius 2 is 2.12 bits per heavy atom. The Morgan fingerprint density at radius 1 is 1.19 bits per heavy atom. The molecule has 0 aliphatic carbocycles. The molecule has 0 atom stereocenters. The van der Waals surface area contributed by atoms with Crippen molar-refractivity contribution in [1.82, 2.24) is 15.0 Å². The number of rotatable bonds is 1. The Morgan fingerprint density at radius 3 is 3.00 bits per heavy atom. The largest absolute Gasteiger partial charge is 0.346 e. The number of nitrogens with one attached hydrogen (secondary N) is 1. The predicted molar refractivity (Wildman–Crippen MR) is 59.3 cm³/mol. The molecule has 3 nitrogen and oxygen atoms in total. The van der Waals surface area contributed by atoms with Crippen LogP contribution in [-0.2, 0) is 0 Å². The minimum Gasteiger partial charge on any atom is -0.346 e. The lowest BCUT2D eigenvalue weighted by Gasteiger charge is -2.02. The van der Waals surface area contributed by atoms with Crippen LogP contribution in [0.2, 0.25) is 0 Å². The smallest absolute Gasteiger partial charge is 0.142 e. The third-order valence-electron chi connectivity index (χ3n) is 2.48. The van der Waals surface area contributed by atoms with Gasteiger partial charge in [-0.25, -0.2) is 9.37 Å². The number of H-pyrrole nitrogens is 1. The monoisotopic (exact) mass is 213 g/mol. The standard InChI is InChI=1S/C12H8FN3/c13-9-5-8(6-14-7-9)10-1-3-15-12-11(10)2-4-16-12/h1-7H,(H,15,16). The number of hydrogen-bond acceptors (Lipinski definition) is 2. The summed E-state index contributed by atoms with van der Waals surface area (Å²) < 4.78 is 13.1. The summed E-state index contributed by atoms with van der Waals surface area (Å²) in [5.74, 6) is -0.335. The molecule has 0 bridgehead atoms. The molecule has 3 rings (SSSR count). The van der Waals surface area contributed by atoms with Crippen molar-refractivity contribution >= 4 is 11.0 Å². The molecule has 3 heterocycles. The molecule has 3 aromatic heterocycles. The lowest BCUT2D eigenvalue weighted by atomic mass is 10.1. The molecule has 0 radical (unpaired) electrons. The van der Waals surface area contributed by atoms with Gasteiger partial charge in [0.15, 0.2) is 0 Å². The summed E-state index contributed by atoms with van der Waals surface area (Å²) in [7, 11) is 0. The van der Waals surface area contributed by atoms with Crippen molar-refractivity contribution < 1.29 is 4.39 Å². The van der Waals surface area contributed by atoms with Crippen LogP contribution in [0.25, 0.3) is 22.2 Å². The van der Waals surface area contributed by atoms with E-state index in [2.05, 4.69) is 15.0 Å². The molecule has 0 fully saturated rings. The van der Waals surface area contributed by atoms with Crippen molar-refractivity contribution in [3.8, 4) is 11.1 Å². The van der Waals surface area contributed by atoms with E-state index in [9.17, 15) is 4.39 Å². The minimum absolute atomic E-state index is 0.335. The second-order valence-corrected chi connectivity index (χ2v) is 3.49. The maximum absolute atomic E-state index is 13.1. The van der Waals surface area contributed by atoms with Crippen molar-refractivity contribution in [2.75, 3.05) is 0 Å². The Hall–Kier alpha value is -2.23. The normalized spacial score (nSPS) is 10.8. The summed E-state index contributed by atoms with van der Waals surface area (Å²) in [5.41, 5.74) is 2.48. The molecule has 3 aromatic rings. The molecule has 0 aliphatic rings. The molecule has 0 unspecified atom stereocenters. The van der Waals surface area contributed by atoms with Crippen molar-refractivity contribution in [1.29, 1.82) is 0 Å². The average molecular weight is 213 g/mol. The second kappa shape index (κ2) is 3.41. The van der Waals surface area contributed by atoms with Crippen LogP contribution in [0.3, 0.4) is 0 Å². The Kier molecular flexibility index (Phi) is 1.93. The van der Waals surface area contributed by atoms with Gasteiger partial charge in [-0.3, -0.25) is 4.98 Å². The van der Waals surface area contributed by atoms with Gasteiger partial charge in [0.2, 0.25) is 0 Å². The van der Waals surface area contributed by atoms with Gasteiger partial charge >= 0.3 is 0 Å². The van der Waals surface area contributed by atoms with Gasteiger partial charge in [0.25, 0.3) is 0 Å². The van der Waals surface area contributed by atoms with E-state index in [-0.39, 0.29) is 5.82 Å². The summed E-state index contributed by atoms with van der Waals surface area (Å²) in [6, 6.07) is 5.24. The molecule has 4 heteroatoms. The average Bonchev–Trinajstić information content (AvgIpc) is 2.76. The molecular weight excluding hydrogens is 205 g/mol. The summed E-state index contributed by atoms with van der Waals surface area (Å²) in [4.78, 5) is 11.0. The van der Waals surface area contributed by atoms with E-state index in [0.29, 0.717) is 0 Å². The van der Waals surface area contributed by atoms with E-state index < -0.39 is 0 Å². The number of pyridine rings is 2. The van der Waals surface area contributed by atoms with Gasteiger partial charge in [0.05, 0.1) is 6.20 Å². The highest BCUT2D eigenvalue weighted by Crippen LogP contribution is 2.26. The van der Waals surface area contributed by atoms with Crippen LogP contribution < -0.4 is 0 Å². The van der Waals surface area contributed by atoms with E-state index in [1.54, 1.807) is 12.4 Å². The fourth-order valence-electron chi connectivity index (χ4n) is 1.77. The molecule has 0 saturated carbocycles. The van der Waals surface area contributed by atoms with E-state index in [4.69, 9.17) is 0 Å². The SMILES string of the molecule is Fc1cncc(-c2ccnc3[nH]ccc23)c1. The first kappa shape index (κ1) is 9.03. The summed E-state index contributed by atoms with van der Waals surface area (Å²) in [6.07, 6.45) is 6.34. The molecule has 16 heavy (non-hydrogen) atoms. The maximum Gasteiger partial charge on any atom is 0.142 e. The number of aromatic amines is 1. The quantitative estimate of drug-likeness (QED) is 0.675. The van der Waals surface area contributed by atoms with Crippen LogP contribution >= 0.6 is 0 Å². The third-order valence-corrected chi connectivity index (χ3v) is 2.48. The molecule has 0 amide bonds. The van der Waals surface area contributed by atoms with Crippen LogP contribution in [0.15, 0.2) is 43.0 Å². The van der Waals surface area contributed by atoms with Gasteiger partial charge in [-0.05, 0) is 23.8 Å². The summed E-state index contributed by atoms with van der Waals surface area (Å²) in [6.45, 7) is 0. The lowest BCUT2D eigenvalue weighted by Crippen LogP contribution is -1.85. The summed E-state index contributed by atoms with van der Waals surface area (Å²) in [5, 5.41) is 0.968. The van der Waals surface area contributed by atoms with Crippen molar-refractivity contribution in [3.05, 3.63) is 48.8 Å².